The van der Waals surface area contributed by atoms with Crippen LogP contribution in [0.2, 0.25) is 0 Å². The van der Waals surface area contributed by atoms with Crippen LogP contribution >= 0.6 is 11.3 Å². The van der Waals surface area contributed by atoms with Gasteiger partial charge in [0.2, 0.25) is 0 Å². The maximum atomic E-state index is 6.16. The number of para-hydroxylation sites is 3. The summed E-state index contributed by atoms with van der Waals surface area (Å²) >= 11 is 1.86. The molecule has 0 atom stereocenters. The van der Waals surface area contributed by atoms with Crippen LogP contribution < -0.4 is 15.1 Å². The van der Waals surface area contributed by atoms with Crippen molar-refractivity contribution in [3.8, 4) is 22.3 Å². The Hall–Kier alpha value is -9.94. The Morgan fingerprint density at radius 3 is 1.69 bits per heavy atom. The zero-order valence-electron chi connectivity index (χ0n) is 45.1. The van der Waals surface area contributed by atoms with Gasteiger partial charge in [-0.3, -0.25) is 0 Å². The van der Waals surface area contributed by atoms with Gasteiger partial charge in [-0.15, -0.1) is 11.3 Å². The van der Waals surface area contributed by atoms with E-state index in [4.69, 9.17) is 4.42 Å². The predicted octanol–water partition coefficient (Wildman–Crippen LogP) is 21.9. The van der Waals surface area contributed by atoms with Crippen molar-refractivity contribution in [1.29, 1.82) is 0 Å². The third-order valence-electron chi connectivity index (χ3n) is 15.9. The molecule has 1 aliphatic carbocycles. The molecule has 15 rings (SSSR count). The molecule has 0 radical (unpaired) electrons. The molecule has 0 spiro atoms. The quantitative estimate of drug-likeness (QED) is 0.140. The lowest BCUT2D eigenvalue weighted by molar-refractivity contribution is 0.660. The van der Waals surface area contributed by atoms with E-state index in [1.54, 1.807) is 0 Å². The lowest BCUT2D eigenvalue weighted by Gasteiger charge is -2.28. The topological polar surface area (TPSA) is 31.6 Å². The first-order valence-corrected chi connectivity index (χ1v) is 28.6. The minimum absolute atomic E-state index is 0.0680. The lowest BCUT2D eigenvalue weighted by atomic mass is 9.82. The van der Waals surface area contributed by atoms with E-state index in [1.807, 2.05) is 29.5 Å². The molecular formula is C76H57N3OS. The Morgan fingerprint density at radius 1 is 0.346 bits per heavy atom. The second-order valence-electron chi connectivity index (χ2n) is 21.4. The van der Waals surface area contributed by atoms with Gasteiger partial charge in [0.15, 0.2) is 0 Å². The van der Waals surface area contributed by atoms with Gasteiger partial charge in [0, 0.05) is 81.9 Å². The number of benzene rings is 12. The van der Waals surface area contributed by atoms with Gasteiger partial charge in [-0.05, 0) is 160 Å². The van der Waals surface area contributed by atoms with Crippen molar-refractivity contribution in [2.24, 2.45) is 0 Å². The van der Waals surface area contributed by atoms with Crippen LogP contribution in [-0.4, -0.2) is 0 Å². The number of nitrogens with one attached hydrogen (secondary N) is 1. The van der Waals surface area contributed by atoms with Crippen LogP contribution in [0.5, 0.6) is 0 Å². The van der Waals surface area contributed by atoms with Gasteiger partial charge in [0.25, 0.3) is 0 Å². The molecule has 81 heavy (non-hydrogen) atoms. The number of nitrogens with zero attached hydrogens (tertiary/aromatic N) is 2. The van der Waals surface area contributed by atoms with Crippen LogP contribution in [-0.2, 0) is 11.8 Å². The van der Waals surface area contributed by atoms with Crippen molar-refractivity contribution in [3.63, 3.8) is 0 Å². The summed E-state index contributed by atoms with van der Waals surface area (Å²) in [5, 5.41) is 8.54. The molecule has 2 aromatic heterocycles. The van der Waals surface area contributed by atoms with E-state index >= 15 is 0 Å². The monoisotopic (exact) mass is 1060 g/mol. The van der Waals surface area contributed by atoms with Crippen LogP contribution in [0.25, 0.3) is 64.4 Å². The van der Waals surface area contributed by atoms with E-state index in [1.165, 1.54) is 75.5 Å². The Labute approximate surface area is 477 Å². The highest BCUT2D eigenvalue weighted by molar-refractivity contribution is 7.25. The predicted molar refractivity (Wildman–Crippen MR) is 344 cm³/mol. The van der Waals surface area contributed by atoms with Crippen molar-refractivity contribution in [3.05, 3.63) is 313 Å². The van der Waals surface area contributed by atoms with Crippen LogP contribution in [0, 0.1) is 0 Å². The van der Waals surface area contributed by atoms with Gasteiger partial charge < -0.3 is 19.5 Å². The molecular weight excluding hydrogens is 1000 g/mol. The molecule has 2 heterocycles. The third kappa shape index (κ3) is 9.58. The van der Waals surface area contributed by atoms with E-state index in [-0.39, 0.29) is 5.41 Å². The number of hydrogen-bond acceptors (Lipinski definition) is 5. The Kier molecular flexibility index (Phi) is 12.8. The van der Waals surface area contributed by atoms with Gasteiger partial charge in [-0.1, -0.05) is 196 Å². The highest BCUT2D eigenvalue weighted by Gasteiger charge is 2.36. The molecule has 1 N–H and O–H groups in total. The van der Waals surface area contributed by atoms with Crippen LogP contribution in [0.15, 0.2) is 296 Å². The first kappa shape index (κ1) is 49.4. The first-order chi connectivity index (χ1) is 39.9. The van der Waals surface area contributed by atoms with Crippen molar-refractivity contribution in [2.45, 2.75) is 25.7 Å². The molecule has 0 amide bonds. The summed E-state index contributed by atoms with van der Waals surface area (Å²) in [4.78, 5) is 4.72. The second-order valence-corrected chi connectivity index (χ2v) is 22.5. The number of hydrogen-bond donors (Lipinski definition) is 1. The van der Waals surface area contributed by atoms with E-state index < -0.39 is 0 Å². The highest BCUT2D eigenvalue weighted by atomic mass is 32.1. The minimum atomic E-state index is -0.0680. The molecule has 388 valence electrons. The van der Waals surface area contributed by atoms with Crippen molar-refractivity contribution in [1.82, 2.24) is 0 Å². The molecule has 0 fully saturated rings. The van der Waals surface area contributed by atoms with E-state index in [0.717, 1.165) is 63.1 Å². The summed E-state index contributed by atoms with van der Waals surface area (Å²) in [5.41, 5.74) is 21.1. The Balaban J connectivity index is 0.000000145. The number of furan rings is 1. The average Bonchev–Trinajstić information content (AvgIpc) is 4.25. The number of thiophene rings is 1. The number of anilines is 8. The third-order valence-corrected chi connectivity index (χ3v) is 17.0. The number of rotatable bonds is 11. The molecule has 0 bridgehead atoms. The van der Waals surface area contributed by atoms with E-state index in [2.05, 4.69) is 302 Å². The molecule has 0 saturated heterocycles. The Morgan fingerprint density at radius 2 is 0.877 bits per heavy atom. The standard InChI is InChI=1S/C39H32N2.C37H25NOS/c1-39(2)37-19-10-9-18-35(37)36-25-24-34(27-38(36)39)41(32-22-20-29(21-23-32)28-12-5-3-6-13-28)33-17-11-16-31(26-33)40-30-14-7-4-8-15-30;1-2-10-27(11-3-1)38(29-18-20-33-32-14-5-7-16-36(32)40-37(33)24-29)28-12-8-9-25(22-28)21-26-17-19-31-30-13-4-6-15-34(30)39-35(31)23-26/h3-27,40H,1-2H3;1-20,22-24H,21H2. The van der Waals surface area contributed by atoms with Gasteiger partial charge in [-0.25, -0.2) is 0 Å². The van der Waals surface area contributed by atoms with Crippen molar-refractivity contribution in [2.75, 3.05) is 15.1 Å². The average molecular weight is 1060 g/mol. The fraction of sp³-hybridized carbons (Fsp3) is 0.0526. The maximum absolute atomic E-state index is 6.16. The van der Waals surface area contributed by atoms with E-state index in [9.17, 15) is 0 Å². The SMILES string of the molecule is CC1(C)c2ccccc2-c2ccc(N(c3ccc(-c4ccccc4)cc3)c3cccc(Nc4ccccc4)c3)cc21.c1ccc(N(c2cccc(Cc3ccc4c(c3)oc3ccccc34)c2)c2ccc3c(c2)sc2ccccc23)cc1. The highest BCUT2D eigenvalue weighted by Crippen LogP contribution is 2.51. The summed E-state index contributed by atoms with van der Waals surface area (Å²) < 4.78 is 8.78. The first-order valence-electron chi connectivity index (χ1n) is 27.8. The summed E-state index contributed by atoms with van der Waals surface area (Å²) in [5.74, 6) is 0. The van der Waals surface area contributed by atoms with Gasteiger partial charge in [0.05, 0.1) is 0 Å². The lowest BCUT2D eigenvalue weighted by Crippen LogP contribution is -2.16. The van der Waals surface area contributed by atoms with Crippen molar-refractivity contribution < 1.29 is 4.42 Å². The zero-order valence-corrected chi connectivity index (χ0v) is 45.9. The normalized spacial score (nSPS) is 12.2. The molecule has 0 saturated carbocycles. The van der Waals surface area contributed by atoms with Gasteiger partial charge in [0.1, 0.15) is 11.2 Å². The molecule has 0 aliphatic heterocycles. The summed E-state index contributed by atoms with van der Waals surface area (Å²) in [6.07, 6.45) is 0.832. The molecule has 0 unspecified atom stereocenters. The van der Waals surface area contributed by atoms with Crippen LogP contribution in [0.4, 0.5) is 45.5 Å². The molecule has 5 heteroatoms. The fourth-order valence-corrected chi connectivity index (χ4v) is 13.1. The van der Waals surface area contributed by atoms with Crippen LogP contribution in [0.3, 0.4) is 0 Å². The van der Waals surface area contributed by atoms with Gasteiger partial charge in [-0.2, -0.15) is 0 Å². The largest absolute Gasteiger partial charge is 0.456 e. The maximum Gasteiger partial charge on any atom is 0.135 e. The number of fused-ring (bicyclic) bond motifs is 9. The zero-order chi connectivity index (χ0) is 54.3. The molecule has 4 nitrogen and oxygen atoms in total. The van der Waals surface area contributed by atoms with Crippen molar-refractivity contribution >= 4 is 98.9 Å². The Bertz CT molecular complexity index is 4560. The van der Waals surface area contributed by atoms with E-state index in [0.29, 0.717) is 0 Å². The molecule has 14 aromatic rings. The summed E-state index contributed by atoms with van der Waals surface area (Å²) in [6.45, 7) is 4.68. The second kappa shape index (κ2) is 21.0. The summed E-state index contributed by atoms with van der Waals surface area (Å²) in [7, 11) is 0. The van der Waals surface area contributed by atoms with Crippen LogP contribution in [0.1, 0.15) is 36.1 Å². The molecule has 12 aromatic carbocycles. The fourth-order valence-electron chi connectivity index (χ4n) is 11.9. The minimum Gasteiger partial charge on any atom is -0.456 e. The smallest absolute Gasteiger partial charge is 0.135 e. The molecule has 1 aliphatic rings. The summed E-state index contributed by atoms with van der Waals surface area (Å²) in [6, 6.07) is 104. The van der Waals surface area contributed by atoms with Gasteiger partial charge >= 0.3 is 0 Å².